The molecular weight excluding hydrogens is 274 g/mol. The third-order valence-electron chi connectivity index (χ3n) is 1.20. The first-order valence-electron chi connectivity index (χ1n) is 3.22. The topological polar surface area (TPSA) is 43.8 Å². The van der Waals surface area contributed by atoms with Crippen molar-refractivity contribution < 1.29 is 0 Å². The molecule has 1 aromatic heterocycles. The zero-order valence-electron chi connectivity index (χ0n) is 6.25. The van der Waals surface area contributed by atoms with Gasteiger partial charge in [0, 0.05) is 12.7 Å². The van der Waals surface area contributed by atoms with Crippen molar-refractivity contribution in [1.82, 2.24) is 9.78 Å². The Kier molecular flexibility index (Phi) is 4.76. The molecule has 0 amide bonds. The van der Waals surface area contributed by atoms with Crippen molar-refractivity contribution in [1.29, 1.82) is 0 Å². The first kappa shape index (κ1) is 11.0. The molecule has 5 heteroatoms. The molecule has 1 rings (SSSR count). The Morgan fingerprint density at radius 2 is 2.36 bits per heavy atom. The molecule has 2 N–H and O–H groups in total. The quantitative estimate of drug-likeness (QED) is 0.905. The van der Waals surface area contributed by atoms with Crippen LogP contribution in [0.3, 0.4) is 0 Å². The molecule has 0 atom stereocenters. The van der Waals surface area contributed by atoms with Crippen LogP contribution in [0.2, 0.25) is 0 Å². The molecular formula is C6H11Br2N3. The Hall–Kier alpha value is -0.0300. The molecule has 0 aromatic carbocycles. The number of rotatable bonds is 2. The molecule has 1 aromatic rings. The largest absolute Gasteiger partial charge is 0.381 e. The number of nitrogens with two attached hydrogens (primary N) is 1. The number of aryl methyl sites for hydroxylation is 1. The number of hydrogen-bond acceptors (Lipinski definition) is 2. The van der Waals surface area contributed by atoms with Crippen molar-refractivity contribution in [3.8, 4) is 0 Å². The van der Waals surface area contributed by atoms with Crippen LogP contribution >= 0.6 is 32.9 Å². The molecule has 64 valence electrons. The summed E-state index contributed by atoms with van der Waals surface area (Å²) < 4.78 is 2.71. The fourth-order valence-electron chi connectivity index (χ4n) is 0.756. The third-order valence-corrected chi connectivity index (χ3v) is 1.81. The van der Waals surface area contributed by atoms with Crippen LogP contribution in [0.1, 0.15) is 13.3 Å². The average Bonchev–Trinajstić information content (AvgIpc) is 2.14. The van der Waals surface area contributed by atoms with Gasteiger partial charge in [-0.1, -0.05) is 6.92 Å². The lowest BCUT2D eigenvalue weighted by Gasteiger charge is -1.93. The normalized spacial score (nSPS) is 9.27. The summed E-state index contributed by atoms with van der Waals surface area (Å²) in [5.74, 6) is 0.563. The fourth-order valence-corrected chi connectivity index (χ4v) is 1.07. The summed E-state index contributed by atoms with van der Waals surface area (Å²) in [4.78, 5) is 0. The van der Waals surface area contributed by atoms with Crippen molar-refractivity contribution in [2.24, 2.45) is 0 Å². The summed E-state index contributed by atoms with van der Waals surface area (Å²) in [5, 5.41) is 4.05. The Morgan fingerprint density at radius 3 is 2.73 bits per heavy atom. The van der Waals surface area contributed by atoms with Crippen LogP contribution in [-0.2, 0) is 6.54 Å². The van der Waals surface area contributed by atoms with Gasteiger partial charge in [0.25, 0.3) is 0 Å². The highest BCUT2D eigenvalue weighted by Crippen LogP contribution is 2.15. The van der Waals surface area contributed by atoms with Crippen LogP contribution < -0.4 is 5.73 Å². The monoisotopic (exact) mass is 283 g/mol. The van der Waals surface area contributed by atoms with E-state index in [4.69, 9.17) is 5.73 Å². The molecule has 0 aliphatic heterocycles. The predicted molar refractivity (Wildman–Crippen MR) is 55.0 cm³/mol. The highest BCUT2D eigenvalue weighted by atomic mass is 79.9. The van der Waals surface area contributed by atoms with E-state index in [-0.39, 0.29) is 17.0 Å². The lowest BCUT2D eigenvalue weighted by atomic mass is 10.5. The van der Waals surface area contributed by atoms with E-state index in [0.717, 1.165) is 17.4 Å². The highest BCUT2D eigenvalue weighted by Gasteiger charge is 1.99. The predicted octanol–water partition coefficient (Wildman–Crippen LogP) is 2.22. The van der Waals surface area contributed by atoms with Gasteiger partial charge in [-0.2, -0.15) is 5.10 Å². The van der Waals surface area contributed by atoms with E-state index in [1.165, 1.54) is 0 Å². The van der Waals surface area contributed by atoms with Crippen molar-refractivity contribution in [2.75, 3.05) is 5.73 Å². The lowest BCUT2D eigenvalue weighted by molar-refractivity contribution is 0.605. The van der Waals surface area contributed by atoms with Crippen LogP contribution in [0, 0.1) is 0 Å². The summed E-state index contributed by atoms with van der Waals surface area (Å²) in [6, 6.07) is 0. The summed E-state index contributed by atoms with van der Waals surface area (Å²) in [6.45, 7) is 3.03. The molecule has 0 saturated carbocycles. The lowest BCUT2D eigenvalue weighted by Crippen LogP contribution is -1.97. The molecule has 11 heavy (non-hydrogen) atoms. The molecule has 3 nitrogen and oxygen atoms in total. The maximum atomic E-state index is 5.49. The second-order valence-corrected chi connectivity index (χ2v) is 2.98. The van der Waals surface area contributed by atoms with Gasteiger partial charge in [-0.25, -0.2) is 0 Å². The summed E-state index contributed by atoms with van der Waals surface area (Å²) in [6.07, 6.45) is 2.96. The number of anilines is 1. The van der Waals surface area contributed by atoms with Crippen molar-refractivity contribution >= 4 is 38.7 Å². The first-order chi connectivity index (χ1) is 4.74. The van der Waals surface area contributed by atoms with Gasteiger partial charge in [0.05, 0.1) is 4.47 Å². The average molecular weight is 285 g/mol. The Bertz CT molecular complexity index is 202. The van der Waals surface area contributed by atoms with Crippen molar-refractivity contribution in [3.63, 3.8) is 0 Å². The second kappa shape index (κ2) is 4.77. The zero-order valence-corrected chi connectivity index (χ0v) is 9.55. The van der Waals surface area contributed by atoms with Gasteiger partial charge in [-0.15, -0.1) is 17.0 Å². The smallest absolute Gasteiger partial charge is 0.159 e. The number of halogens is 2. The molecule has 0 fully saturated rings. The van der Waals surface area contributed by atoms with E-state index in [0.29, 0.717) is 5.82 Å². The summed E-state index contributed by atoms with van der Waals surface area (Å²) >= 11 is 3.28. The maximum absolute atomic E-state index is 5.49. The molecule has 0 aliphatic carbocycles. The Morgan fingerprint density at radius 1 is 1.73 bits per heavy atom. The fraction of sp³-hybridized carbons (Fsp3) is 0.500. The van der Waals surface area contributed by atoms with Gasteiger partial charge in [0.15, 0.2) is 5.82 Å². The number of aromatic nitrogens is 2. The Labute approximate surface area is 84.9 Å². The van der Waals surface area contributed by atoms with Gasteiger partial charge in [0.2, 0.25) is 0 Å². The van der Waals surface area contributed by atoms with Crippen molar-refractivity contribution in [2.45, 2.75) is 19.9 Å². The minimum atomic E-state index is 0. The van der Waals surface area contributed by atoms with E-state index >= 15 is 0 Å². The molecule has 1 heterocycles. The number of hydrogen-bond donors (Lipinski definition) is 1. The van der Waals surface area contributed by atoms with Crippen molar-refractivity contribution in [3.05, 3.63) is 10.7 Å². The molecule has 0 unspecified atom stereocenters. The number of nitrogen functional groups attached to an aromatic ring is 1. The summed E-state index contributed by atoms with van der Waals surface area (Å²) in [5.41, 5.74) is 5.49. The van der Waals surface area contributed by atoms with Crippen LogP contribution in [0.25, 0.3) is 0 Å². The van der Waals surface area contributed by atoms with Crippen LogP contribution in [0.15, 0.2) is 10.7 Å². The summed E-state index contributed by atoms with van der Waals surface area (Å²) in [7, 11) is 0. The van der Waals surface area contributed by atoms with E-state index in [1.807, 2.05) is 10.9 Å². The van der Waals surface area contributed by atoms with Gasteiger partial charge >= 0.3 is 0 Å². The van der Waals surface area contributed by atoms with E-state index in [9.17, 15) is 0 Å². The van der Waals surface area contributed by atoms with Gasteiger partial charge in [-0.3, -0.25) is 4.68 Å². The van der Waals surface area contributed by atoms with Crippen LogP contribution in [0.5, 0.6) is 0 Å². The first-order valence-corrected chi connectivity index (χ1v) is 4.01. The minimum absolute atomic E-state index is 0. The standard InChI is InChI=1S/C6H10BrN3.BrH/c1-2-3-10-4-5(7)6(8)9-10;/h4H,2-3H2,1H3,(H2,8,9);1H. The minimum Gasteiger partial charge on any atom is -0.381 e. The zero-order chi connectivity index (χ0) is 7.56. The molecule has 0 aliphatic rings. The Balaban J connectivity index is 0.000001000. The van der Waals surface area contributed by atoms with E-state index < -0.39 is 0 Å². The highest BCUT2D eigenvalue weighted by molar-refractivity contribution is 9.10. The molecule has 0 radical (unpaired) electrons. The van der Waals surface area contributed by atoms with Crippen LogP contribution in [-0.4, -0.2) is 9.78 Å². The molecule has 0 saturated heterocycles. The molecule has 0 spiro atoms. The van der Waals surface area contributed by atoms with Gasteiger partial charge < -0.3 is 5.73 Å². The van der Waals surface area contributed by atoms with E-state index in [1.54, 1.807) is 0 Å². The molecule has 0 bridgehead atoms. The van der Waals surface area contributed by atoms with E-state index in [2.05, 4.69) is 28.0 Å². The maximum Gasteiger partial charge on any atom is 0.159 e. The van der Waals surface area contributed by atoms with Gasteiger partial charge in [0.1, 0.15) is 0 Å². The van der Waals surface area contributed by atoms with Crippen LogP contribution in [0.4, 0.5) is 5.82 Å². The second-order valence-electron chi connectivity index (χ2n) is 2.13. The third kappa shape index (κ3) is 2.83. The van der Waals surface area contributed by atoms with Gasteiger partial charge in [-0.05, 0) is 22.4 Å². The SMILES string of the molecule is Br.CCCn1cc(Br)c(N)n1. The number of nitrogens with zero attached hydrogens (tertiary/aromatic N) is 2.